The lowest BCUT2D eigenvalue weighted by Crippen LogP contribution is -2.67. The van der Waals surface area contributed by atoms with Gasteiger partial charge in [-0.1, -0.05) is 62.4 Å². The fraction of sp³-hybridized carbons (Fsp3) is 0.308. The summed E-state index contributed by atoms with van der Waals surface area (Å²) in [5, 5.41) is 16.3. The monoisotopic (exact) mass is 474 g/mol. The highest BCUT2D eigenvalue weighted by molar-refractivity contribution is 6.03. The van der Waals surface area contributed by atoms with Gasteiger partial charge in [-0.15, -0.1) is 0 Å². The maximum Gasteiger partial charge on any atom is 0.412 e. The summed E-state index contributed by atoms with van der Waals surface area (Å²) >= 11 is 0. The summed E-state index contributed by atoms with van der Waals surface area (Å²) in [6, 6.07) is 15.1. The van der Waals surface area contributed by atoms with Crippen molar-refractivity contribution in [1.82, 2.24) is 14.7 Å². The van der Waals surface area contributed by atoms with Crippen LogP contribution in [0.25, 0.3) is 11.1 Å². The fourth-order valence-corrected chi connectivity index (χ4v) is 5.21. The number of benzene rings is 2. The summed E-state index contributed by atoms with van der Waals surface area (Å²) in [5.74, 6) is -1.51. The van der Waals surface area contributed by atoms with Crippen LogP contribution in [0.3, 0.4) is 0 Å². The van der Waals surface area contributed by atoms with Gasteiger partial charge in [0.2, 0.25) is 0 Å². The first-order valence-electron chi connectivity index (χ1n) is 11.4. The zero-order chi connectivity index (χ0) is 24.9. The van der Waals surface area contributed by atoms with E-state index >= 15 is 0 Å². The third kappa shape index (κ3) is 3.73. The number of carbonyl (C=O) groups is 3. The minimum atomic E-state index is -1.07. The van der Waals surface area contributed by atoms with Crippen LogP contribution in [0.15, 0.2) is 54.7 Å². The van der Waals surface area contributed by atoms with Gasteiger partial charge in [-0.2, -0.15) is 5.10 Å². The summed E-state index contributed by atoms with van der Waals surface area (Å²) in [6.45, 7) is 4.02. The van der Waals surface area contributed by atoms with E-state index < -0.39 is 29.4 Å². The van der Waals surface area contributed by atoms with E-state index in [0.717, 1.165) is 22.3 Å². The van der Waals surface area contributed by atoms with E-state index in [-0.39, 0.29) is 23.9 Å². The number of likely N-dealkylation sites (tertiary alicyclic amines) is 1. The Labute approximate surface area is 202 Å². The predicted octanol–water partition coefficient (Wildman–Crippen LogP) is 3.72. The van der Waals surface area contributed by atoms with Gasteiger partial charge in [-0.25, -0.2) is 9.59 Å². The first-order valence-corrected chi connectivity index (χ1v) is 11.4. The summed E-state index contributed by atoms with van der Waals surface area (Å²) in [7, 11) is 1.59. The van der Waals surface area contributed by atoms with Crippen LogP contribution >= 0.6 is 0 Å². The zero-order valence-corrected chi connectivity index (χ0v) is 19.7. The van der Waals surface area contributed by atoms with Crippen molar-refractivity contribution < 1.29 is 24.2 Å². The third-order valence-corrected chi connectivity index (χ3v) is 6.86. The SMILES string of the molecule is Cn1ncc(C(=O)N2CC(C)(C)C2C(=O)O)c1NC(=O)OCC1c2ccccc2-c2ccccc21. The lowest BCUT2D eigenvalue weighted by atomic mass is 9.74. The molecule has 2 amide bonds. The van der Waals surface area contributed by atoms with Crippen LogP contribution in [0, 0.1) is 5.41 Å². The van der Waals surface area contributed by atoms with Crippen molar-refractivity contribution in [3.8, 4) is 11.1 Å². The van der Waals surface area contributed by atoms with Crippen molar-refractivity contribution in [2.75, 3.05) is 18.5 Å². The molecule has 35 heavy (non-hydrogen) atoms. The second-order valence-electron chi connectivity index (χ2n) is 9.64. The van der Waals surface area contributed by atoms with Gasteiger partial charge in [0.05, 0.1) is 6.20 Å². The van der Waals surface area contributed by atoms with Crippen LogP contribution in [-0.2, 0) is 16.6 Å². The maximum absolute atomic E-state index is 13.1. The molecular weight excluding hydrogens is 448 g/mol. The average Bonchev–Trinajstić information content (AvgIpc) is 3.33. The molecule has 2 aliphatic rings. The molecule has 0 spiro atoms. The molecule has 1 saturated heterocycles. The Hall–Kier alpha value is -4.14. The highest BCUT2D eigenvalue weighted by Crippen LogP contribution is 2.44. The molecule has 0 saturated carbocycles. The minimum Gasteiger partial charge on any atom is -0.480 e. The van der Waals surface area contributed by atoms with Gasteiger partial charge >= 0.3 is 12.1 Å². The van der Waals surface area contributed by atoms with E-state index in [1.54, 1.807) is 20.9 Å². The molecule has 2 N–H and O–H groups in total. The van der Waals surface area contributed by atoms with E-state index in [1.807, 2.05) is 36.4 Å². The number of nitrogens with one attached hydrogen (secondary N) is 1. The number of aliphatic carboxylic acids is 1. The molecule has 1 aliphatic heterocycles. The molecule has 1 fully saturated rings. The Morgan fingerprint density at radius 2 is 1.69 bits per heavy atom. The van der Waals surface area contributed by atoms with Crippen molar-refractivity contribution in [1.29, 1.82) is 0 Å². The standard InChI is InChI=1S/C26H26N4O5/c1-26(2)14-30(21(26)24(32)33)23(31)19-12-27-29(3)22(19)28-25(34)35-13-20-17-10-6-4-8-15(17)16-9-5-7-11-18(16)20/h4-12,20-21H,13-14H2,1-3H3,(H,28,34)(H,32,33). The van der Waals surface area contributed by atoms with Gasteiger partial charge in [0.25, 0.3) is 5.91 Å². The molecule has 0 bridgehead atoms. The Morgan fingerprint density at radius 1 is 1.09 bits per heavy atom. The maximum atomic E-state index is 13.1. The smallest absolute Gasteiger partial charge is 0.412 e. The number of carbonyl (C=O) groups excluding carboxylic acids is 2. The first-order chi connectivity index (χ1) is 16.7. The van der Waals surface area contributed by atoms with Gasteiger partial charge in [0, 0.05) is 24.9 Å². The summed E-state index contributed by atoms with van der Waals surface area (Å²) in [4.78, 5) is 38.8. The minimum absolute atomic E-state index is 0.0968. The van der Waals surface area contributed by atoms with Crippen LogP contribution in [0.1, 0.15) is 41.3 Å². The number of rotatable bonds is 5. The first kappa shape index (κ1) is 22.6. The summed E-state index contributed by atoms with van der Waals surface area (Å²) in [5.41, 5.74) is 4.02. The third-order valence-electron chi connectivity index (χ3n) is 6.86. The topological polar surface area (TPSA) is 114 Å². The van der Waals surface area contributed by atoms with Crippen molar-refractivity contribution in [2.24, 2.45) is 12.5 Å². The van der Waals surface area contributed by atoms with E-state index in [1.165, 1.54) is 15.8 Å². The average molecular weight is 475 g/mol. The fourth-order valence-electron chi connectivity index (χ4n) is 5.21. The number of hydrogen-bond donors (Lipinski definition) is 2. The number of aromatic nitrogens is 2. The second-order valence-corrected chi connectivity index (χ2v) is 9.64. The van der Waals surface area contributed by atoms with E-state index in [2.05, 4.69) is 22.5 Å². The molecule has 2 aromatic carbocycles. The number of fused-ring (bicyclic) bond motifs is 3. The Morgan fingerprint density at radius 3 is 2.26 bits per heavy atom. The van der Waals surface area contributed by atoms with E-state index in [9.17, 15) is 19.5 Å². The van der Waals surface area contributed by atoms with Crippen molar-refractivity contribution in [3.63, 3.8) is 0 Å². The Bertz CT molecular complexity index is 1300. The molecule has 1 atom stereocenters. The molecule has 5 rings (SSSR count). The van der Waals surface area contributed by atoms with Crippen molar-refractivity contribution in [2.45, 2.75) is 25.8 Å². The number of anilines is 1. The normalized spacial score (nSPS) is 17.8. The molecule has 9 heteroatoms. The number of aryl methyl sites for hydroxylation is 1. The van der Waals surface area contributed by atoms with E-state index in [0.29, 0.717) is 6.54 Å². The molecule has 1 unspecified atom stereocenters. The van der Waals surface area contributed by atoms with Gasteiger partial charge in [0.15, 0.2) is 0 Å². The highest BCUT2D eigenvalue weighted by atomic mass is 16.5. The number of amides is 2. The second kappa shape index (κ2) is 8.26. The highest BCUT2D eigenvalue weighted by Gasteiger charge is 2.53. The van der Waals surface area contributed by atoms with Crippen LogP contribution in [0.2, 0.25) is 0 Å². The molecule has 3 aromatic rings. The van der Waals surface area contributed by atoms with E-state index in [4.69, 9.17) is 4.74 Å². The molecular formula is C26H26N4O5. The van der Waals surface area contributed by atoms with Crippen molar-refractivity contribution in [3.05, 3.63) is 71.4 Å². The molecule has 180 valence electrons. The van der Waals surface area contributed by atoms with Crippen LogP contribution in [0.5, 0.6) is 0 Å². The Balaban J connectivity index is 1.30. The van der Waals surface area contributed by atoms with Gasteiger partial charge in [0.1, 0.15) is 24.0 Å². The predicted molar refractivity (Wildman–Crippen MR) is 128 cm³/mol. The van der Waals surface area contributed by atoms with Gasteiger partial charge < -0.3 is 14.7 Å². The van der Waals surface area contributed by atoms with Gasteiger partial charge in [-0.05, 0) is 22.3 Å². The lowest BCUT2D eigenvalue weighted by Gasteiger charge is -2.51. The summed E-state index contributed by atoms with van der Waals surface area (Å²) in [6.07, 6.45) is 0.606. The lowest BCUT2D eigenvalue weighted by molar-refractivity contribution is -0.156. The number of hydrogen-bond acceptors (Lipinski definition) is 5. The molecule has 1 aliphatic carbocycles. The van der Waals surface area contributed by atoms with Crippen molar-refractivity contribution >= 4 is 23.8 Å². The molecule has 1 aromatic heterocycles. The Kier molecular flexibility index (Phi) is 5.35. The molecule has 0 radical (unpaired) electrons. The molecule has 9 nitrogen and oxygen atoms in total. The van der Waals surface area contributed by atoms with Crippen LogP contribution in [0.4, 0.5) is 10.6 Å². The number of nitrogens with zero attached hydrogens (tertiary/aromatic N) is 3. The number of carboxylic acids is 1. The largest absolute Gasteiger partial charge is 0.480 e. The number of ether oxygens (including phenoxy) is 1. The zero-order valence-electron chi connectivity index (χ0n) is 19.7. The van der Waals surface area contributed by atoms with Gasteiger partial charge in [-0.3, -0.25) is 14.8 Å². The van der Waals surface area contributed by atoms with Crippen LogP contribution in [-0.4, -0.2) is 57.0 Å². The number of carboxylic acid groups (broad SMARTS) is 1. The van der Waals surface area contributed by atoms with Crippen LogP contribution < -0.4 is 5.32 Å². The molecule has 2 heterocycles. The quantitative estimate of drug-likeness (QED) is 0.583. The summed E-state index contributed by atoms with van der Waals surface area (Å²) < 4.78 is 6.94.